The standard InChI is InChI=1S/C4H8NO4/c1-4(8,9)5-3(7)2-6/h8-9H,2H2,1H3,(H,5,7). The monoisotopic (exact) mass is 134 g/mol. The Hall–Kier alpha value is -0.650. The van der Waals surface area contributed by atoms with Crippen molar-refractivity contribution in [3.8, 4) is 0 Å². The molecule has 0 unspecified atom stereocenters. The Kier molecular flexibility index (Phi) is 2.57. The summed E-state index contributed by atoms with van der Waals surface area (Å²) in [4.78, 5) is 10.1. The lowest BCUT2D eigenvalue weighted by Crippen LogP contribution is -2.46. The fourth-order valence-electron chi connectivity index (χ4n) is 0.300. The van der Waals surface area contributed by atoms with Gasteiger partial charge in [-0.3, -0.25) is 4.79 Å². The highest BCUT2D eigenvalue weighted by Crippen LogP contribution is 1.87. The van der Waals surface area contributed by atoms with Gasteiger partial charge in [-0.1, -0.05) is 0 Å². The zero-order chi connectivity index (χ0) is 7.49. The topological polar surface area (TPSA) is 89.5 Å². The summed E-state index contributed by atoms with van der Waals surface area (Å²) in [5.41, 5.74) is 0. The van der Waals surface area contributed by atoms with Gasteiger partial charge in [0.2, 0.25) is 5.91 Å². The molecule has 1 amide bonds. The number of nitrogens with one attached hydrogen (secondary N) is 1. The molecule has 0 aliphatic heterocycles. The van der Waals surface area contributed by atoms with Gasteiger partial charge in [-0.2, -0.15) is 0 Å². The maximum Gasteiger partial charge on any atom is 0.253 e. The highest BCUT2D eigenvalue weighted by molar-refractivity contribution is 5.77. The summed E-state index contributed by atoms with van der Waals surface area (Å²) in [6.45, 7) is -0.0583. The highest BCUT2D eigenvalue weighted by Gasteiger charge is 2.16. The van der Waals surface area contributed by atoms with Gasteiger partial charge in [0.05, 0.1) is 0 Å². The van der Waals surface area contributed by atoms with E-state index in [1.807, 2.05) is 0 Å². The lowest BCUT2D eigenvalue weighted by molar-refractivity contribution is -0.179. The van der Waals surface area contributed by atoms with Gasteiger partial charge in [0.1, 0.15) is 0 Å². The molecule has 0 spiro atoms. The summed E-state index contributed by atoms with van der Waals surface area (Å²) in [5, 5.41) is 28.1. The quantitative estimate of drug-likeness (QED) is 0.389. The van der Waals surface area contributed by atoms with Crippen LogP contribution in [0.2, 0.25) is 0 Å². The molecule has 1 radical (unpaired) electrons. The predicted molar refractivity (Wildman–Crippen MR) is 26.5 cm³/mol. The van der Waals surface area contributed by atoms with Gasteiger partial charge in [0.15, 0.2) is 6.61 Å². The fourth-order valence-corrected chi connectivity index (χ4v) is 0.300. The zero-order valence-electron chi connectivity index (χ0n) is 4.92. The van der Waals surface area contributed by atoms with Crippen molar-refractivity contribution >= 4 is 5.91 Å². The molecule has 0 saturated carbocycles. The molecule has 0 rings (SSSR count). The van der Waals surface area contributed by atoms with Crippen molar-refractivity contribution in [2.45, 2.75) is 12.8 Å². The van der Waals surface area contributed by atoms with E-state index in [1.165, 1.54) is 0 Å². The predicted octanol–water partition coefficient (Wildman–Crippen LogP) is -1.81. The lowest BCUT2D eigenvalue weighted by atomic mass is 10.5. The van der Waals surface area contributed by atoms with E-state index in [0.29, 0.717) is 0 Å². The van der Waals surface area contributed by atoms with E-state index < -0.39 is 18.4 Å². The van der Waals surface area contributed by atoms with Crippen molar-refractivity contribution in [2.75, 3.05) is 6.61 Å². The van der Waals surface area contributed by atoms with Gasteiger partial charge in [0.25, 0.3) is 5.91 Å². The Morgan fingerprint density at radius 1 is 1.67 bits per heavy atom. The summed E-state index contributed by atoms with van der Waals surface area (Å²) >= 11 is 0. The minimum Gasteiger partial charge on any atom is -0.349 e. The van der Waals surface area contributed by atoms with Crippen molar-refractivity contribution in [3.63, 3.8) is 0 Å². The molecule has 5 heteroatoms. The number of hydrogen-bond acceptors (Lipinski definition) is 3. The number of carbonyl (C=O) groups is 1. The second-order valence-corrected chi connectivity index (χ2v) is 1.71. The third-order valence-electron chi connectivity index (χ3n) is 0.507. The van der Waals surface area contributed by atoms with Crippen LogP contribution in [0.25, 0.3) is 0 Å². The second-order valence-electron chi connectivity index (χ2n) is 1.71. The zero-order valence-corrected chi connectivity index (χ0v) is 4.92. The number of aliphatic hydroxyl groups is 2. The van der Waals surface area contributed by atoms with Crippen molar-refractivity contribution in [1.29, 1.82) is 0 Å². The molecule has 9 heavy (non-hydrogen) atoms. The van der Waals surface area contributed by atoms with Crippen LogP contribution in [0.5, 0.6) is 0 Å². The van der Waals surface area contributed by atoms with E-state index in [-0.39, 0.29) is 0 Å². The van der Waals surface area contributed by atoms with Crippen LogP contribution < -0.4 is 5.32 Å². The average Bonchev–Trinajstić information content (AvgIpc) is 1.62. The van der Waals surface area contributed by atoms with Gasteiger partial charge >= 0.3 is 0 Å². The van der Waals surface area contributed by atoms with Crippen LogP contribution in [-0.4, -0.2) is 28.6 Å². The van der Waals surface area contributed by atoms with Crippen molar-refractivity contribution < 1.29 is 20.1 Å². The molecular formula is C4H8NO4. The average molecular weight is 134 g/mol. The molecule has 3 N–H and O–H groups in total. The fraction of sp³-hybridized carbons (Fsp3) is 0.750. The first-order chi connectivity index (χ1) is 3.95. The molecular weight excluding hydrogens is 126 g/mol. The van der Waals surface area contributed by atoms with Crippen LogP contribution >= 0.6 is 0 Å². The van der Waals surface area contributed by atoms with E-state index in [2.05, 4.69) is 0 Å². The summed E-state index contributed by atoms with van der Waals surface area (Å²) in [5.74, 6) is -3.22. The first-order valence-corrected chi connectivity index (χ1v) is 2.29. The Morgan fingerprint density at radius 3 is 2.22 bits per heavy atom. The number of hydrogen-bond donors (Lipinski definition) is 3. The second kappa shape index (κ2) is 2.77. The minimum absolute atomic E-state index is 0.942. The Labute approximate surface area is 51.9 Å². The first kappa shape index (κ1) is 8.35. The SMILES string of the molecule is CC(O)(O)NC(=O)C[O]. The van der Waals surface area contributed by atoms with Gasteiger partial charge in [-0.25, -0.2) is 5.11 Å². The normalized spacial score (nSPS) is 11.1. The minimum atomic E-state index is -2.28. The molecule has 0 aromatic rings. The van der Waals surface area contributed by atoms with Gasteiger partial charge in [-0.15, -0.1) is 0 Å². The molecule has 0 heterocycles. The van der Waals surface area contributed by atoms with Crippen molar-refractivity contribution in [3.05, 3.63) is 0 Å². The molecule has 0 atom stereocenters. The van der Waals surface area contributed by atoms with E-state index in [0.717, 1.165) is 6.92 Å². The van der Waals surface area contributed by atoms with Gasteiger partial charge < -0.3 is 15.5 Å². The molecule has 0 bridgehead atoms. The Morgan fingerprint density at radius 2 is 2.11 bits per heavy atom. The van der Waals surface area contributed by atoms with Crippen molar-refractivity contribution in [2.24, 2.45) is 0 Å². The van der Waals surface area contributed by atoms with Gasteiger partial charge in [0, 0.05) is 6.92 Å². The number of amides is 1. The van der Waals surface area contributed by atoms with Crippen LogP contribution in [0.3, 0.4) is 0 Å². The van der Waals surface area contributed by atoms with Gasteiger partial charge in [-0.05, 0) is 0 Å². The van der Waals surface area contributed by atoms with E-state index in [9.17, 15) is 9.90 Å². The third kappa shape index (κ3) is 5.22. The maximum absolute atomic E-state index is 10.1. The van der Waals surface area contributed by atoms with E-state index in [1.54, 1.807) is 5.32 Å². The summed E-state index contributed by atoms with van der Waals surface area (Å²) in [7, 11) is 0. The van der Waals surface area contributed by atoms with Crippen LogP contribution in [0, 0.1) is 0 Å². The molecule has 5 nitrogen and oxygen atoms in total. The molecule has 0 aliphatic rings. The molecule has 0 aromatic heterocycles. The maximum atomic E-state index is 10.1. The molecule has 0 saturated heterocycles. The Bertz CT molecular complexity index is 106. The van der Waals surface area contributed by atoms with E-state index in [4.69, 9.17) is 10.2 Å². The first-order valence-electron chi connectivity index (χ1n) is 2.29. The van der Waals surface area contributed by atoms with Crippen LogP contribution in [0.1, 0.15) is 6.92 Å². The molecule has 0 aliphatic carbocycles. The summed E-state index contributed by atoms with van der Waals surface area (Å²) in [6, 6.07) is 0. The van der Waals surface area contributed by atoms with E-state index >= 15 is 0 Å². The Balaban J connectivity index is 3.60. The molecule has 0 fully saturated rings. The summed E-state index contributed by atoms with van der Waals surface area (Å²) < 4.78 is 0. The number of carbonyl (C=O) groups excluding carboxylic acids is 1. The number of rotatable bonds is 2. The van der Waals surface area contributed by atoms with Crippen LogP contribution in [-0.2, 0) is 9.90 Å². The highest BCUT2D eigenvalue weighted by atomic mass is 16.5. The van der Waals surface area contributed by atoms with Crippen LogP contribution in [0.4, 0.5) is 0 Å². The molecule has 53 valence electrons. The smallest absolute Gasteiger partial charge is 0.253 e. The van der Waals surface area contributed by atoms with Crippen molar-refractivity contribution in [1.82, 2.24) is 5.32 Å². The van der Waals surface area contributed by atoms with Crippen LogP contribution in [0.15, 0.2) is 0 Å². The lowest BCUT2D eigenvalue weighted by Gasteiger charge is -2.15. The molecule has 0 aromatic carbocycles. The summed E-state index contributed by atoms with van der Waals surface area (Å²) in [6.07, 6.45) is 0. The largest absolute Gasteiger partial charge is 0.349 e. The third-order valence-corrected chi connectivity index (χ3v) is 0.507.